The third-order valence-electron chi connectivity index (χ3n) is 1.97. The molecule has 5 heteroatoms. The van der Waals surface area contributed by atoms with Crippen molar-refractivity contribution in [2.75, 3.05) is 6.54 Å². The SMILES string of the molecule is CC(C)(O)CNC(=O)c1ccnc(CN)c1. The van der Waals surface area contributed by atoms with Crippen LogP contribution in [0.25, 0.3) is 0 Å². The quantitative estimate of drug-likeness (QED) is 0.672. The molecule has 1 amide bonds. The van der Waals surface area contributed by atoms with Gasteiger partial charge < -0.3 is 16.2 Å². The molecule has 0 unspecified atom stereocenters. The Hall–Kier alpha value is -1.46. The molecule has 0 bridgehead atoms. The van der Waals surface area contributed by atoms with E-state index in [4.69, 9.17) is 5.73 Å². The van der Waals surface area contributed by atoms with E-state index in [0.29, 0.717) is 17.8 Å². The van der Waals surface area contributed by atoms with Gasteiger partial charge in [-0.15, -0.1) is 0 Å². The van der Waals surface area contributed by atoms with E-state index < -0.39 is 5.60 Å². The number of aromatic nitrogens is 1. The van der Waals surface area contributed by atoms with Crippen LogP contribution < -0.4 is 11.1 Å². The summed E-state index contributed by atoms with van der Waals surface area (Å²) in [6.07, 6.45) is 1.54. The molecule has 0 saturated heterocycles. The van der Waals surface area contributed by atoms with Crippen molar-refractivity contribution in [1.82, 2.24) is 10.3 Å². The fraction of sp³-hybridized carbons (Fsp3) is 0.455. The first-order valence-corrected chi connectivity index (χ1v) is 5.08. The highest BCUT2D eigenvalue weighted by Gasteiger charge is 2.14. The van der Waals surface area contributed by atoms with Crippen molar-refractivity contribution in [2.24, 2.45) is 5.73 Å². The summed E-state index contributed by atoms with van der Waals surface area (Å²) in [7, 11) is 0. The number of nitrogens with one attached hydrogen (secondary N) is 1. The molecule has 1 heterocycles. The molecule has 0 aliphatic heterocycles. The fourth-order valence-electron chi connectivity index (χ4n) is 1.13. The first-order chi connectivity index (χ1) is 7.42. The molecule has 0 aliphatic rings. The van der Waals surface area contributed by atoms with Gasteiger partial charge in [0.15, 0.2) is 0 Å². The Balaban J connectivity index is 2.66. The number of carbonyl (C=O) groups is 1. The van der Waals surface area contributed by atoms with Crippen LogP contribution in [0.15, 0.2) is 18.3 Å². The van der Waals surface area contributed by atoms with Gasteiger partial charge >= 0.3 is 0 Å². The highest BCUT2D eigenvalue weighted by Crippen LogP contribution is 2.03. The van der Waals surface area contributed by atoms with E-state index in [2.05, 4.69) is 10.3 Å². The molecule has 0 spiro atoms. The Morgan fingerprint density at radius 3 is 2.88 bits per heavy atom. The lowest BCUT2D eigenvalue weighted by molar-refractivity contribution is 0.0694. The number of rotatable bonds is 4. The number of pyridine rings is 1. The van der Waals surface area contributed by atoms with Gasteiger partial charge in [0.2, 0.25) is 0 Å². The minimum Gasteiger partial charge on any atom is -0.389 e. The van der Waals surface area contributed by atoms with E-state index in [0.717, 1.165) is 0 Å². The number of aliphatic hydroxyl groups is 1. The maximum atomic E-state index is 11.7. The van der Waals surface area contributed by atoms with Gasteiger partial charge in [0, 0.05) is 24.8 Å². The number of nitrogens with two attached hydrogens (primary N) is 1. The molecule has 0 aliphatic carbocycles. The van der Waals surface area contributed by atoms with Gasteiger partial charge in [-0.3, -0.25) is 9.78 Å². The zero-order valence-corrected chi connectivity index (χ0v) is 9.53. The first kappa shape index (κ1) is 12.6. The van der Waals surface area contributed by atoms with Gasteiger partial charge in [0.05, 0.1) is 11.3 Å². The summed E-state index contributed by atoms with van der Waals surface area (Å²) >= 11 is 0. The number of nitrogens with zero attached hydrogens (tertiary/aromatic N) is 1. The van der Waals surface area contributed by atoms with Gasteiger partial charge in [0.25, 0.3) is 5.91 Å². The Labute approximate surface area is 94.7 Å². The predicted octanol–water partition coefficient (Wildman–Crippen LogP) is 0.0410. The summed E-state index contributed by atoms with van der Waals surface area (Å²) in [5, 5.41) is 12.1. The number of carbonyl (C=O) groups excluding carboxylic acids is 1. The van der Waals surface area contributed by atoms with Crippen LogP contribution in [-0.2, 0) is 6.54 Å². The second kappa shape index (κ2) is 5.05. The average Bonchev–Trinajstić information content (AvgIpc) is 2.25. The molecular weight excluding hydrogens is 206 g/mol. The lowest BCUT2D eigenvalue weighted by Crippen LogP contribution is -2.38. The summed E-state index contributed by atoms with van der Waals surface area (Å²) in [6, 6.07) is 3.25. The molecule has 0 aromatic carbocycles. The second-order valence-electron chi connectivity index (χ2n) is 4.24. The standard InChI is InChI=1S/C11H17N3O2/c1-11(2,16)7-14-10(15)8-3-4-13-9(5-8)6-12/h3-5,16H,6-7,12H2,1-2H3,(H,14,15). The molecule has 4 N–H and O–H groups in total. The van der Waals surface area contributed by atoms with Crippen LogP contribution in [0.1, 0.15) is 29.9 Å². The summed E-state index contributed by atoms with van der Waals surface area (Å²) in [5.74, 6) is -0.237. The van der Waals surface area contributed by atoms with Crippen molar-refractivity contribution >= 4 is 5.91 Å². The monoisotopic (exact) mass is 223 g/mol. The number of hydrogen-bond acceptors (Lipinski definition) is 4. The summed E-state index contributed by atoms with van der Waals surface area (Å²) in [4.78, 5) is 15.7. The summed E-state index contributed by atoms with van der Waals surface area (Å²) in [6.45, 7) is 3.76. The van der Waals surface area contributed by atoms with E-state index in [1.54, 1.807) is 32.2 Å². The van der Waals surface area contributed by atoms with Gasteiger partial charge in [-0.05, 0) is 26.0 Å². The van der Waals surface area contributed by atoms with Gasteiger partial charge in [0.1, 0.15) is 0 Å². The Bertz CT molecular complexity index is 372. The molecular formula is C11H17N3O2. The van der Waals surface area contributed by atoms with Gasteiger partial charge in [-0.2, -0.15) is 0 Å². The van der Waals surface area contributed by atoms with Crippen LogP contribution in [0.3, 0.4) is 0 Å². The van der Waals surface area contributed by atoms with Crippen LogP contribution in [0.2, 0.25) is 0 Å². The lowest BCUT2D eigenvalue weighted by atomic mass is 10.1. The number of hydrogen-bond donors (Lipinski definition) is 3. The Morgan fingerprint density at radius 1 is 1.62 bits per heavy atom. The van der Waals surface area contributed by atoms with Crippen molar-refractivity contribution < 1.29 is 9.90 Å². The maximum Gasteiger partial charge on any atom is 0.251 e. The minimum absolute atomic E-state index is 0.201. The van der Waals surface area contributed by atoms with Crippen molar-refractivity contribution in [3.8, 4) is 0 Å². The number of amides is 1. The molecule has 1 aromatic rings. The molecule has 1 aromatic heterocycles. The average molecular weight is 223 g/mol. The minimum atomic E-state index is -0.917. The molecule has 0 radical (unpaired) electrons. The molecule has 88 valence electrons. The second-order valence-corrected chi connectivity index (χ2v) is 4.24. The van der Waals surface area contributed by atoms with E-state index in [-0.39, 0.29) is 12.5 Å². The van der Waals surface area contributed by atoms with Crippen LogP contribution in [-0.4, -0.2) is 28.1 Å². The van der Waals surface area contributed by atoms with Crippen LogP contribution in [0.5, 0.6) is 0 Å². The van der Waals surface area contributed by atoms with Crippen molar-refractivity contribution in [3.63, 3.8) is 0 Å². The predicted molar refractivity (Wildman–Crippen MR) is 60.8 cm³/mol. The summed E-state index contributed by atoms with van der Waals surface area (Å²) in [5.41, 5.74) is 5.67. The highest BCUT2D eigenvalue weighted by atomic mass is 16.3. The van der Waals surface area contributed by atoms with E-state index in [9.17, 15) is 9.90 Å². The zero-order valence-electron chi connectivity index (χ0n) is 9.53. The van der Waals surface area contributed by atoms with E-state index in [1.807, 2.05) is 0 Å². The smallest absolute Gasteiger partial charge is 0.251 e. The zero-order chi connectivity index (χ0) is 12.2. The van der Waals surface area contributed by atoms with Crippen LogP contribution in [0.4, 0.5) is 0 Å². The van der Waals surface area contributed by atoms with Crippen molar-refractivity contribution in [1.29, 1.82) is 0 Å². The molecule has 5 nitrogen and oxygen atoms in total. The normalized spacial score (nSPS) is 11.2. The topological polar surface area (TPSA) is 88.2 Å². The molecule has 0 fully saturated rings. The summed E-state index contributed by atoms with van der Waals surface area (Å²) < 4.78 is 0. The fourth-order valence-corrected chi connectivity index (χ4v) is 1.13. The highest BCUT2D eigenvalue weighted by molar-refractivity contribution is 5.94. The third kappa shape index (κ3) is 3.96. The maximum absolute atomic E-state index is 11.7. The van der Waals surface area contributed by atoms with E-state index >= 15 is 0 Å². The van der Waals surface area contributed by atoms with Crippen molar-refractivity contribution in [3.05, 3.63) is 29.6 Å². The first-order valence-electron chi connectivity index (χ1n) is 5.08. The van der Waals surface area contributed by atoms with Crippen LogP contribution in [0, 0.1) is 0 Å². The van der Waals surface area contributed by atoms with Crippen molar-refractivity contribution in [2.45, 2.75) is 26.0 Å². The third-order valence-corrected chi connectivity index (χ3v) is 1.97. The molecule has 0 saturated carbocycles. The molecule has 16 heavy (non-hydrogen) atoms. The Morgan fingerprint density at radius 2 is 2.31 bits per heavy atom. The molecule has 1 rings (SSSR count). The Kier molecular flexibility index (Phi) is 3.98. The largest absolute Gasteiger partial charge is 0.389 e. The van der Waals surface area contributed by atoms with Gasteiger partial charge in [-0.1, -0.05) is 0 Å². The van der Waals surface area contributed by atoms with Crippen LogP contribution >= 0.6 is 0 Å². The van der Waals surface area contributed by atoms with E-state index in [1.165, 1.54) is 0 Å². The lowest BCUT2D eigenvalue weighted by Gasteiger charge is -2.17. The molecule has 0 atom stereocenters. The van der Waals surface area contributed by atoms with Gasteiger partial charge in [-0.25, -0.2) is 0 Å².